The molecule has 0 amide bonds. The molecule has 0 aliphatic carbocycles. The van der Waals surface area contributed by atoms with Gasteiger partial charge in [0.05, 0.1) is 0 Å². The molecular formula is C16H20ClNO4S. The average Bonchev–Trinajstić information content (AvgIpc) is 2.89. The minimum atomic E-state index is 0.639. The Labute approximate surface area is 144 Å². The number of aryl methyl sites for hydroxylation is 1. The van der Waals surface area contributed by atoms with Crippen molar-refractivity contribution in [3.63, 3.8) is 0 Å². The molecule has 0 aliphatic heterocycles. The third kappa shape index (κ3) is 4.96. The van der Waals surface area contributed by atoms with Gasteiger partial charge in [0, 0.05) is 41.4 Å². The number of hydrogen-bond acceptors (Lipinski definition) is 5. The zero-order chi connectivity index (χ0) is 16.7. The maximum atomic E-state index is 9.79. The Hall–Kier alpha value is -1.05. The zero-order valence-corrected chi connectivity index (χ0v) is 14.8. The van der Waals surface area contributed by atoms with Gasteiger partial charge in [0.2, 0.25) is 5.58 Å². The molecule has 1 heterocycles. The van der Waals surface area contributed by atoms with Crippen molar-refractivity contribution >= 4 is 40.8 Å². The molecule has 0 atom stereocenters. The summed E-state index contributed by atoms with van der Waals surface area (Å²) in [6, 6.07) is 5.60. The monoisotopic (exact) mass is 357 g/mol. The van der Waals surface area contributed by atoms with Crippen LogP contribution in [0, 0.1) is 0 Å². The fourth-order valence-corrected chi connectivity index (χ4v) is 2.90. The van der Waals surface area contributed by atoms with E-state index in [1.807, 2.05) is 18.2 Å². The van der Waals surface area contributed by atoms with Crippen LogP contribution >= 0.6 is 23.6 Å². The predicted octanol–water partition coefficient (Wildman–Crippen LogP) is 3.84. The minimum absolute atomic E-state index is 0.639. The van der Waals surface area contributed by atoms with Gasteiger partial charge >= 0.3 is 5.89 Å². The molecule has 0 N–H and O–H groups in total. The standard InChI is InChI=1S/C16H20ClNO4S/c1-3-12(4-2)10-16-18(8-5-9-23-22-21-19)14-11-13(17)6-7-15(14)20-16/h6-7,10-11H,3-5,8-9H2,1-2H3. The van der Waals surface area contributed by atoms with Gasteiger partial charge in [-0.15, -0.1) is 0 Å². The summed E-state index contributed by atoms with van der Waals surface area (Å²) >= 11 is 7.11. The van der Waals surface area contributed by atoms with E-state index in [0.717, 1.165) is 54.8 Å². The number of fused-ring (bicyclic) bond motifs is 1. The molecule has 0 radical (unpaired) electrons. The zero-order valence-electron chi connectivity index (χ0n) is 13.2. The van der Waals surface area contributed by atoms with Crippen LogP contribution in [-0.2, 0) is 15.9 Å². The van der Waals surface area contributed by atoms with Gasteiger partial charge in [-0.1, -0.05) is 31.0 Å². The summed E-state index contributed by atoms with van der Waals surface area (Å²) in [5, 5.41) is 13.8. The van der Waals surface area contributed by atoms with E-state index in [-0.39, 0.29) is 0 Å². The smallest absolute Gasteiger partial charge is 0.374 e. The van der Waals surface area contributed by atoms with Gasteiger partial charge in [0.25, 0.3) is 5.52 Å². The Morgan fingerprint density at radius 1 is 1.39 bits per heavy atom. The van der Waals surface area contributed by atoms with E-state index in [2.05, 4.69) is 33.9 Å². The third-order valence-electron chi connectivity index (χ3n) is 3.61. The summed E-state index contributed by atoms with van der Waals surface area (Å²) in [6.07, 6.45) is 4.87. The second-order valence-electron chi connectivity index (χ2n) is 5.03. The fraction of sp³-hybridized carbons (Fsp3) is 0.438. The van der Waals surface area contributed by atoms with Crippen molar-refractivity contribution in [2.45, 2.75) is 39.7 Å². The molecule has 0 bridgehead atoms. The van der Waals surface area contributed by atoms with Crippen molar-refractivity contribution in [1.29, 1.82) is 0 Å². The highest BCUT2D eigenvalue weighted by Gasteiger charge is 2.21. The number of halogens is 1. The quantitative estimate of drug-likeness (QED) is 0.224. The highest BCUT2D eigenvalue weighted by atomic mass is 35.5. The van der Waals surface area contributed by atoms with Crippen LogP contribution in [0.15, 0.2) is 28.2 Å². The normalized spacial score (nSPS) is 11.1. The van der Waals surface area contributed by atoms with Crippen molar-refractivity contribution in [3.05, 3.63) is 34.7 Å². The second-order valence-corrected chi connectivity index (χ2v) is 6.24. The molecule has 0 saturated carbocycles. The van der Waals surface area contributed by atoms with E-state index in [1.54, 1.807) is 0 Å². The number of rotatable bonds is 9. The van der Waals surface area contributed by atoms with Crippen molar-refractivity contribution < 1.29 is 23.6 Å². The average molecular weight is 358 g/mol. The molecular weight excluding hydrogens is 338 g/mol. The van der Waals surface area contributed by atoms with Gasteiger partial charge < -0.3 is 9.67 Å². The number of oxazole rings is 1. The molecule has 1 aromatic carbocycles. The molecule has 2 aromatic rings. The van der Waals surface area contributed by atoms with Gasteiger partial charge in [0.1, 0.15) is 0 Å². The number of hydrogen-bond donors (Lipinski definition) is 0. The molecule has 0 unspecified atom stereocenters. The highest BCUT2D eigenvalue weighted by Crippen LogP contribution is 2.21. The van der Waals surface area contributed by atoms with Gasteiger partial charge in [-0.05, 0) is 25.0 Å². The van der Waals surface area contributed by atoms with Crippen LogP contribution in [0.3, 0.4) is 0 Å². The minimum Gasteiger partial charge on any atom is -0.691 e. The summed E-state index contributed by atoms with van der Waals surface area (Å²) in [5.41, 5.74) is 3.08. The molecule has 5 nitrogen and oxygen atoms in total. The lowest BCUT2D eigenvalue weighted by Crippen LogP contribution is -2.35. The van der Waals surface area contributed by atoms with Crippen LogP contribution in [0.2, 0.25) is 5.02 Å². The van der Waals surface area contributed by atoms with Crippen molar-refractivity contribution in [1.82, 2.24) is 0 Å². The molecule has 0 fully saturated rings. The van der Waals surface area contributed by atoms with E-state index >= 15 is 0 Å². The highest BCUT2D eigenvalue weighted by molar-refractivity contribution is 7.94. The number of aromatic nitrogens is 1. The molecule has 23 heavy (non-hydrogen) atoms. The number of nitrogens with zero attached hydrogens (tertiary/aromatic N) is 1. The fourth-order valence-electron chi connectivity index (χ4n) is 2.38. The lowest BCUT2D eigenvalue weighted by Gasteiger charge is -2.02. The summed E-state index contributed by atoms with van der Waals surface area (Å²) in [7, 11) is 0. The van der Waals surface area contributed by atoms with Crippen LogP contribution in [0.5, 0.6) is 0 Å². The molecule has 2 rings (SSSR count). The first-order valence-corrected chi connectivity index (χ1v) is 8.87. The molecule has 126 valence electrons. The summed E-state index contributed by atoms with van der Waals surface area (Å²) < 4.78 is 12.4. The Bertz CT molecular complexity index is 665. The Balaban J connectivity index is 2.29. The van der Waals surface area contributed by atoms with E-state index < -0.39 is 0 Å². The van der Waals surface area contributed by atoms with E-state index in [4.69, 9.17) is 16.0 Å². The Kier molecular flexibility index (Phi) is 7.39. The number of allylic oxidation sites excluding steroid dienone is 1. The lowest BCUT2D eigenvalue weighted by atomic mass is 10.1. The van der Waals surface area contributed by atoms with E-state index in [9.17, 15) is 5.26 Å². The molecule has 0 aliphatic rings. The van der Waals surface area contributed by atoms with Crippen molar-refractivity contribution in [3.8, 4) is 0 Å². The molecule has 0 saturated heterocycles. The molecule has 1 aromatic heterocycles. The maximum Gasteiger partial charge on any atom is 0.374 e. The van der Waals surface area contributed by atoms with E-state index in [1.165, 1.54) is 5.57 Å². The first-order valence-electron chi connectivity index (χ1n) is 7.59. The van der Waals surface area contributed by atoms with Gasteiger partial charge in [-0.3, -0.25) is 5.04 Å². The van der Waals surface area contributed by atoms with Crippen molar-refractivity contribution in [2.24, 2.45) is 0 Å². The number of benzene rings is 1. The summed E-state index contributed by atoms with van der Waals surface area (Å²) in [6.45, 7) is 5.00. The molecule has 0 spiro atoms. The van der Waals surface area contributed by atoms with Crippen LogP contribution in [0.1, 0.15) is 39.0 Å². The lowest BCUT2D eigenvalue weighted by molar-refractivity contribution is -0.777. The first kappa shape index (κ1) is 18.3. The third-order valence-corrected chi connectivity index (χ3v) is 4.46. The summed E-state index contributed by atoms with van der Waals surface area (Å²) in [5.74, 6) is 1.45. The van der Waals surface area contributed by atoms with Gasteiger partial charge in [-0.2, -0.15) is 8.90 Å². The Morgan fingerprint density at radius 2 is 2.17 bits per heavy atom. The van der Waals surface area contributed by atoms with Crippen molar-refractivity contribution in [2.75, 3.05) is 5.75 Å². The van der Waals surface area contributed by atoms with Gasteiger partial charge in [0.15, 0.2) is 6.54 Å². The molecule has 7 heteroatoms. The predicted molar refractivity (Wildman–Crippen MR) is 89.2 cm³/mol. The van der Waals surface area contributed by atoms with Crippen LogP contribution in [0.25, 0.3) is 17.2 Å². The summed E-state index contributed by atoms with van der Waals surface area (Å²) in [4.78, 5) is 0. The topological polar surface area (TPSA) is 58.5 Å². The van der Waals surface area contributed by atoms with Crippen LogP contribution < -0.4 is 9.82 Å². The Morgan fingerprint density at radius 3 is 2.87 bits per heavy atom. The maximum absolute atomic E-state index is 9.79. The first-order chi connectivity index (χ1) is 11.2. The van der Waals surface area contributed by atoms with Crippen LogP contribution in [0.4, 0.5) is 0 Å². The van der Waals surface area contributed by atoms with Gasteiger partial charge in [-0.25, -0.2) is 0 Å². The largest absolute Gasteiger partial charge is 0.691 e. The van der Waals surface area contributed by atoms with E-state index in [0.29, 0.717) is 10.8 Å². The van der Waals surface area contributed by atoms with Crippen LogP contribution in [-0.4, -0.2) is 5.75 Å². The SMILES string of the molecule is CCC(=Cc1oc2ccc(Cl)cc2[n+]1CCCSOO[O-])CC. The second kappa shape index (κ2) is 9.30.